The van der Waals surface area contributed by atoms with Crippen LogP contribution in [-0.4, -0.2) is 31.9 Å². The molecule has 0 aromatic heterocycles. The number of rotatable bonds is 4. The average Bonchev–Trinajstić information content (AvgIpc) is 2.25. The summed E-state index contributed by atoms with van der Waals surface area (Å²) >= 11 is 0. The van der Waals surface area contributed by atoms with Gasteiger partial charge in [-0.05, 0) is 46.8 Å². The lowest BCUT2D eigenvalue weighted by molar-refractivity contribution is 0.0513. The Hall–Kier alpha value is -1.56. The van der Waals surface area contributed by atoms with Gasteiger partial charge in [-0.2, -0.15) is 0 Å². The molecule has 1 N–H and O–H groups in total. The highest BCUT2D eigenvalue weighted by molar-refractivity contribution is 7.91. The molecule has 0 fully saturated rings. The monoisotopic (exact) mass is 313 g/mol. The first-order chi connectivity index (χ1) is 9.49. The van der Waals surface area contributed by atoms with Gasteiger partial charge in [0, 0.05) is 6.04 Å². The second-order valence-corrected chi connectivity index (χ2v) is 8.18. The second-order valence-electron chi connectivity index (χ2n) is 6.14. The largest absolute Gasteiger partial charge is 0.444 e. The van der Waals surface area contributed by atoms with Crippen molar-refractivity contribution in [3.63, 3.8) is 0 Å². The predicted molar refractivity (Wildman–Crippen MR) is 82.1 cm³/mol. The van der Waals surface area contributed by atoms with E-state index in [2.05, 4.69) is 5.32 Å². The SMILES string of the molecule is Cc1ccc(S(=O)(=O)CC(C)NC(=O)OC(C)(C)C)cc1. The summed E-state index contributed by atoms with van der Waals surface area (Å²) < 4.78 is 29.6. The zero-order valence-corrected chi connectivity index (χ0v) is 14.0. The van der Waals surface area contributed by atoms with Crippen LogP contribution < -0.4 is 5.32 Å². The quantitative estimate of drug-likeness (QED) is 0.927. The van der Waals surface area contributed by atoms with Gasteiger partial charge in [-0.15, -0.1) is 0 Å². The van der Waals surface area contributed by atoms with Gasteiger partial charge in [0.25, 0.3) is 0 Å². The van der Waals surface area contributed by atoms with Gasteiger partial charge in [0.05, 0.1) is 10.6 Å². The number of sulfone groups is 1. The summed E-state index contributed by atoms with van der Waals surface area (Å²) in [6.45, 7) is 8.78. The van der Waals surface area contributed by atoms with E-state index < -0.39 is 27.6 Å². The number of aryl methyl sites for hydroxylation is 1. The first kappa shape index (κ1) is 17.5. The number of ether oxygens (including phenoxy) is 1. The summed E-state index contributed by atoms with van der Waals surface area (Å²) in [7, 11) is -3.44. The third kappa shape index (κ3) is 6.16. The van der Waals surface area contributed by atoms with E-state index in [0.717, 1.165) is 5.56 Å². The third-order valence-electron chi connectivity index (χ3n) is 2.61. The van der Waals surface area contributed by atoms with Crippen molar-refractivity contribution in [2.24, 2.45) is 0 Å². The van der Waals surface area contributed by atoms with Crippen molar-refractivity contribution in [3.8, 4) is 0 Å². The maximum absolute atomic E-state index is 12.2. The van der Waals surface area contributed by atoms with Crippen molar-refractivity contribution >= 4 is 15.9 Å². The van der Waals surface area contributed by atoms with Gasteiger partial charge in [0.2, 0.25) is 0 Å². The normalized spacial score (nSPS) is 13.6. The number of amides is 1. The summed E-state index contributed by atoms with van der Waals surface area (Å²) in [5.74, 6) is -0.171. The molecule has 6 heteroatoms. The van der Waals surface area contributed by atoms with Crippen LogP contribution in [0.4, 0.5) is 4.79 Å². The Labute approximate surface area is 126 Å². The summed E-state index contributed by atoms with van der Waals surface area (Å²) in [5.41, 5.74) is 0.383. The second kappa shape index (κ2) is 6.47. The summed E-state index contributed by atoms with van der Waals surface area (Å²) in [6, 6.07) is 6.11. The van der Waals surface area contributed by atoms with Crippen LogP contribution in [0, 0.1) is 6.92 Å². The Morgan fingerprint density at radius 2 is 1.76 bits per heavy atom. The minimum Gasteiger partial charge on any atom is -0.444 e. The minimum atomic E-state index is -3.44. The van der Waals surface area contributed by atoms with Crippen LogP contribution in [0.1, 0.15) is 33.3 Å². The van der Waals surface area contributed by atoms with Gasteiger partial charge in [-0.1, -0.05) is 17.7 Å². The van der Waals surface area contributed by atoms with Crippen molar-refractivity contribution in [2.45, 2.75) is 51.2 Å². The Bertz CT molecular complexity index is 585. The van der Waals surface area contributed by atoms with E-state index in [9.17, 15) is 13.2 Å². The molecule has 1 aromatic rings. The zero-order chi connectivity index (χ0) is 16.3. The molecule has 0 aliphatic heterocycles. The number of nitrogens with one attached hydrogen (secondary N) is 1. The number of hydrogen-bond acceptors (Lipinski definition) is 4. The lowest BCUT2D eigenvalue weighted by Gasteiger charge is -2.21. The van der Waals surface area contributed by atoms with Crippen molar-refractivity contribution in [1.82, 2.24) is 5.32 Å². The Morgan fingerprint density at radius 3 is 2.24 bits per heavy atom. The van der Waals surface area contributed by atoms with E-state index in [1.807, 2.05) is 6.92 Å². The number of carbonyl (C=O) groups excluding carboxylic acids is 1. The van der Waals surface area contributed by atoms with Gasteiger partial charge in [0.15, 0.2) is 9.84 Å². The van der Waals surface area contributed by atoms with Gasteiger partial charge < -0.3 is 10.1 Å². The summed E-state index contributed by atoms with van der Waals surface area (Å²) in [5, 5.41) is 2.53. The van der Waals surface area contributed by atoms with Crippen molar-refractivity contribution in [2.75, 3.05) is 5.75 Å². The Morgan fingerprint density at radius 1 is 1.24 bits per heavy atom. The molecule has 0 spiro atoms. The van der Waals surface area contributed by atoms with Crippen molar-refractivity contribution < 1.29 is 17.9 Å². The molecular formula is C15H23NO4S. The van der Waals surface area contributed by atoms with Crippen LogP contribution >= 0.6 is 0 Å². The van der Waals surface area contributed by atoms with Crippen LogP contribution in [0.25, 0.3) is 0 Å². The molecule has 0 aliphatic carbocycles. The summed E-state index contributed by atoms with van der Waals surface area (Å²) in [6.07, 6.45) is -0.617. The molecule has 0 heterocycles. The van der Waals surface area contributed by atoms with E-state index in [1.54, 1.807) is 52.0 Å². The van der Waals surface area contributed by atoms with E-state index in [4.69, 9.17) is 4.74 Å². The van der Waals surface area contributed by atoms with E-state index in [0.29, 0.717) is 0 Å². The maximum Gasteiger partial charge on any atom is 0.407 e. The van der Waals surface area contributed by atoms with Gasteiger partial charge >= 0.3 is 6.09 Å². The molecule has 21 heavy (non-hydrogen) atoms. The third-order valence-corrected chi connectivity index (χ3v) is 4.54. The molecule has 0 radical (unpaired) electrons. The van der Waals surface area contributed by atoms with Crippen molar-refractivity contribution in [3.05, 3.63) is 29.8 Å². The lowest BCUT2D eigenvalue weighted by Crippen LogP contribution is -2.40. The van der Waals surface area contributed by atoms with Crippen LogP contribution in [0.2, 0.25) is 0 Å². The van der Waals surface area contributed by atoms with Crippen LogP contribution in [0.15, 0.2) is 29.2 Å². The molecule has 0 aliphatic rings. The standard InChI is InChI=1S/C15H23NO4S/c1-11-6-8-13(9-7-11)21(18,19)10-12(2)16-14(17)20-15(3,4)5/h6-9,12H,10H2,1-5H3,(H,16,17). The van der Waals surface area contributed by atoms with E-state index in [-0.39, 0.29) is 10.6 Å². The smallest absolute Gasteiger partial charge is 0.407 e. The number of carbonyl (C=O) groups is 1. The van der Waals surface area contributed by atoms with Crippen LogP contribution in [0.5, 0.6) is 0 Å². The number of benzene rings is 1. The average molecular weight is 313 g/mol. The van der Waals surface area contributed by atoms with Gasteiger partial charge in [-0.25, -0.2) is 13.2 Å². The minimum absolute atomic E-state index is 0.171. The Kier molecular flexibility index (Phi) is 5.39. The molecule has 118 valence electrons. The van der Waals surface area contributed by atoms with Gasteiger partial charge in [0.1, 0.15) is 5.60 Å². The highest BCUT2D eigenvalue weighted by Crippen LogP contribution is 2.13. The van der Waals surface area contributed by atoms with E-state index in [1.165, 1.54) is 0 Å². The first-order valence-corrected chi connectivity index (χ1v) is 8.44. The maximum atomic E-state index is 12.2. The van der Waals surface area contributed by atoms with E-state index >= 15 is 0 Å². The van der Waals surface area contributed by atoms with Gasteiger partial charge in [-0.3, -0.25) is 0 Å². The molecule has 0 bridgehead atoms. The topological polar surface area (TPSA) is 72.5 Å². The highest BCUT2D eigenvalue weighted by Gasteiger charge is 2.22. The molecule has 0 saturated heterocycles. The first-order valence-electron chi connectivity index (χ1n) is 6.78. The fourth-order valence-electron chi connectivity index (χ4n) is 1.72. The lowest BCUT2D eigenvalue weighted by atomic mass is 10.2. The highest BCUT2D eigenvalue weighted by atomic mass is 32.2. The molecule has 1 rings (SSSR count). The molecule has 5 nitrogen and oxygen atoms in total. The molecule has 1 aromatic carbocycles. The molecule has 1 atom stereocenters. The van der Waals surface area contributed by atoms with Crippen molar-refractivity contribution in [1.29, 1.82) is 0 Å². The fraction of sp³-hybridized carbons (Fsp3) is 0.533. The summed E-state index contributed by atoms with van der Waals surface area (Å²) in [4.78, 5) is 11.9. The number of alkyl carbamates (subject to hydrolysis) is 1. The zero-order valence-electron chi connectivity index (χ0n) is 13.1. The molecular weight excluding hydrogens is 290 g/mol. The fourth-order valence-corrected chi connectivity index (χ4v) is 3.21. The Balaban J connectivity index is 2.67. The predicted octanol–water partition coefficient (Wildman–Crippen LogP) is 2.68. The molecule has 0 saturated carbocycles. The molecule has 1 amide bonds. The van der Waals surface area contributed by atoms with Crippen LogP contribution in [0.3, 0.4) is 0 Å². The number of hydrogen-bond donors (Lipinski definition) is 1. The molecule has 1 unspecified atom stereocenters. The van der Waals surface area contributed by atoms with Crippen LogP contribution in [-0.2, 0) is 14.6 Å².